The van der Waals surface area contributed by atoms with Crippen LogP contribution in [0.5, 0.6) is 0 Å². The van der Waals surface area contributed by atoms with E-state index in [0.717, 1.165) is 32.2 Å². The maximum absolute atomic E-state index is 5.57. The van der Waals surface area contributed by atoms with Gasteiger partial charge in [0, 0.05) is 13.2 Å². The number of rotatable bonds is 12. The van der Waals surface area contributed by atoms with Crippen LogP contribution in [0.25, 0.3) is 0 Å². The molecule has 0 spiro atoms. The molecule has 2 nitrogen and oxygen atoms in total. The summed E-state index contributed by atoms with van der Waals surface area (Å²) < 4.78 is 5.57. The highest BCUT2D eigenvalue weighted by atomic mass is 32.2. The van der Waals surface area contributed by atoms with Gasteiger partial charge in [0.05, 0.1) is 0 Å². The highest BCUT2D eigenvalue weighted by Gasteiger charge is 1.93. The van der Waals surface area contributed by atoms with Gasteiger partial charge in [-0.15, -0.1) is 0 Å². The van der Waals surface area contributed by atoms with Gasteiger partial charge in [0.2, 0.25) is 0 Å². The largest absolute Gasteiger partial charge is 0.381 e. The van der Waals surface area contributed by atoms with Gasteiger partial charge in [-0.3, -0.25) is 0 Å². The Hall–Kier alpha value is 0.270. The predicted octanol–water partition coefficient (Wildman–Crippen LogP) is 3.17. The molecular weight excluding hydrogens is 218 g/mol. The van der Waals surface area contributed by atoms with E-state index in [-0.39, 0.29) is 0 Å². The Bertz CT molecular complexity index is 131. The Morgan fingerprint density at radius 3 is 2.38 bits per heavy atom. The predicted molar refractivity (Wildman–Crippen MR) is 75.4 cm³/mol. The number of ether oxygens (including phenoxy) is 1. The molecule has 0 aliphatic rings. The summed E-state index contributed by atoms with van der Waals surface area (Å²) in [4.78, 5) is 0. The molecule has 0 heterocycles. The van der Waals surface area contributed by atoms with Crippen molar-refractivity contribution in [2.24, 2.45) is 5.92 Å². The fourth-order valence-corrected chi connectivity index (χ4v) is 1.89. The lowest BCUT2D eigenvalue weighted by molar-refractivity contribution is 0.127. The van der Waals surface area contributed by atoms with E-state index in [2.05, 4.69) is 25.4 Å². The van der Waals surface area contributed by atoms with Crippen LogP contribution >= 0.6 is 11.8 Å². The molecule has 0 rings (SSSR count). The SMILES string of the molecule is CSCCCCOCCCCNCC(C)C. The van der Waals surface area contributed by atoms with E-state index in [4.69, 9.17) is 4.74 Å². The van der Waals surface area contributed by atoms with Gasteiger partial charge < -0.3 is 10.1 Å². The first kappa shape index (κ1) is 16.3. The second kappa shape index (κ2) is 13.3. The van der Waals surface area contributed by atoms with E-state index in [9.17, 15) is 0 Å². The van der Waals surface area contributed by atoms with Crippen LogP contribution in [0.1, 0.15) is 39.5 Å². The fourth-order valence-electron chi connectivity index (χ4n) is 1.40. The fraction of sp³-hybridized carbons (Fsp3) is 1.00. The van der Waals surface area contributed by atoms with Crippen molar-refractivity contribution in [2.75, 3.05) is 38.3 Å². The molecule has 0 aromatic carbocycles. The number of hydrogen-bond donors (Lipinski definition) is 1. The summed E-state index contributed by atoms with van der Waals surface area (Å²) >= 11 is 1.92. The molecule has 16 heavy (non-hydrogen) atoms. The summed E-state index contributed by atoms with van der Waals surface area (Å²) in [5.74, 6) is 2.02. The summed E-state index contributed by atoms with van der Waals surface area (Å²) in [6.45, 7) is 8.63. The third kappa shape index (κ3) is 14.3. The average molecular weight is 247 g/mol. The van der Waals surface area contributed by atoms with Crippen LogP contribution in [0.2, 0.25) is 0 Å². The lowest BCUT2D eigenvalue weighted by Crippen LogP contribution is -2.20. The Morgan fingerprint density at radius 2 is 1.75 bits per heavy atom. The maximum Gasteiger partial charge on any atom is 0.0466 e. The first-order valence-corrected chi connectivity index (χ1v) is 7.94. The van der Waals surface area contributed by atoms with Crippen molar-refractivity contribution >= 4 is 11.8 Å². The molecule has 0 unspecified atom stereocenters. The highest BCUT2D eigenvalue weighted by Crippen LogP contribution is 1.99. The lowest BCUT2D eigenvalue weighted by Gasteiger charge is -2.07. The number of hydrogen-bond acceptors (Lipinski definition) is 3. The van der Waals surface area contributed by atoms with Gasteiger partial charge in [-0.25, -0.2) is 0 Å². The lowest BCUT2D eigenvalue weighted by atomic mass is 10.2. The molecular formula is C13H29NOS. The molecule has 0 saturated heterocycles. The van der Waals surface area contributed by atoms with E-state index < -0.39 is 0 Å². The molecule has 1 N–H and O–H groups in total. The Balaban J connectivity index is 2.88. The number of unbranched alkanes of at least 4 members (excludes halogenated alkanes) is 2. The van der Waals surface area contributed by atoms with Gasteiger partial charge in [-0.2, -0.15) is 11.8 Å². The summed E-state index contributed by atoms with van der Waals surface area (Å²) in [6.07, 6.45) is 7.08. The van der Waals surface area contributed by atoms with Crippen molar-refractivity contribution in [1.82, 2.24) is 5.32 Å². The van der Waals surface area contributed by atoms with Gasteiger partial charge in [-0.05, 0) is 56.7 Å². The molecule has 0 bridgehead atoms. The summed E-state index contributed by atoms with van der Waals surface area (Å²) in [5, 5.41) is 3.45. The van der Waals surface area contributed by atoms with Crippen molar-refractivity contribution in [3.8, 4) is 0 Å². The van der Waals surface area contributed by atoms with Crippen LogP contribution < -0.4 is 5.32 Å². The summed E-state index contributed by atoms with van der Waals surface area (Å²) in [6, 6.07) is 0. The van der Waals surface area contributed by atoms with Crippen LogP contribution in [0, 0.1) is 5.92 Å². The standard InChI is InChI=1S/C13H29NOS/c1-13(2)12-14-8-4-5-9-15-10-6-7-11-16-3/h13-14H,4-12H2,1-3H3. The molecule has 98 valence electrons. The van der Waals surface area contributed by atoms with Gasteiger partial charge in [0.25, 0.3) is 0 Å². The molecule has 0 aliphatic carbocycles. The smallest absolute Gasteiger partial charge is 0.0466 e. The first-order chi connectivity index (χ1) is 7.77. The maximum atomic E-state index is 5.57. The molecule has 0 radical (unpaired) electrons. The number of thioether (sulfide) groups is 1. The zero-order chi connectivity index (χ0) is 12.1. The van der Waals surface area contributed by atoms with Crippen LogP contribution in [0.4, 0.5) is 0 Å². The highest BCUT2D eigenvalue weighted by molar-refractivity contribution is 7.98. The van der Waals surface area contributed by atoms with Crippen LogP contribution in [-0.4, -0.2) is 38.3 Å². The van der Waals surface area contributed by atoms with Crippen molar-refractivity contribution in [3.63, 3.8) is 0 Å². The Kier molecular flexibility index (Phi) is 13.6. The third-order valence-corrected chi connectivity index (χ3v) is 3.03. The minimum absolute atomic E-state index is 0.757. The van der Waals surface area contributed by atoms with E-state index in [0.29, 0.717) is 0 Å². The first-order valence-electron chi connectivity index (χ1n) is 6.54. The van der Waals surface area contributed by atoms with E-state index in [1.165, 1.54) is 31.4 Å². The van der Waals surface area contributed by atoms with Crippen LogP contribution in [0.3, 0.4) is 0 Å². The second-order valence-corrected chi connectivity index (χ2v) is 5.60. The van der Waals surface area contributed by atoms with Crippen LogP contribution in [-0.2, 0) is 4.74 Å². The zero-order valence-electron chi connectivity index (χ0n) is 11.3. The molecule has 0 atom stereocenters. The molecule has 0 fully saturated rings. The average Bonchev–Trinajstić information content (AvgIpc) is 2.25. The third-order valence-electron chi connectivity index (χ3n) is 2.33. The summed E-state index contributed by atoms with van der Waals surface area (Å²) in [5.41, 5.74) is 0. The summed E-state index contributed by atoms with van der Waals surface area (Å²) in [7, 11) is 0. The number of nitrogens with one attached hydrogen (secondary N) is 1. The molecule has 0 saturated carbocycles. The molecule has 0 aromatic rings. The van der Waals surface area contributed by atoms with Crippen molar-refractivity contribution in [1.29, 1.82) is 0 Å². The zero-order valence-corrected chi connectivity index (χ0v) is 12.1. The minimum Gasteiger partial charge on any atom is -0.381 e. The topological polar surface area (TPSA) is 21.3 Å². The molecule has 0 aliphatic heterocycles. The molecule has 3 heteroatoms. The second-order valence-electron chi connectivity index (χ2n) is 4.62. The van der Waals surface area contributed by atoms with Gasteiger partial charge in [0.15, 0.2) is 0 Å². The van der Waals surface area contributed by atoms with Gasteiger partial charge >= 0.3 is 0 Å². The van der Waals surface area contributed by atoms with E-state index in [1.807, 2.05) is 11.8 Å². The Labute approximate surface area is 106 Å². The Morgan fingerprint density at radius 1 is 1.06 bits per heavy atom. The van der Waals surface area contributed by atoms with E-state index >= 15 is 0 Å². The van der Waals surface area contributed by atoms with Gasteiger partial charge in [-0.1, -0.05) is 13.8 Å². The quantitative estimate of drug-likeness (QED) is 0.535. The van der Waals surface area contributed by atoms with Crippen LogP contribution in [0.15, 0.2) is 0 Å². The van der Waals surface area contributed by atoms with Crippen molar-refractivity contribution in [2.45, 2.75) is 39.5 Å². The van der Waals surface area contributed by atoms with Crippen molar-refractivity contribution < 1.29 is 4.74 Å². The van der Waals surface area contributed by atoms with Crippen molar-refractivity contribution in [3.05, 3.63) is 0 Å². The van der Waals surface area contributed by atoms with E-state index in [1.54, 1.807) is 0 Å². The minimum atomic E-state index is 0.757. The molecule has 0 aromatic heterocycles. The normalized spacial score (nSPS) is 11.2. The molecule has 0 amide bonds. The van der Waals surface area contributed by atoms with Gasteiger partial charge in [0.1, 0.15) is 0 Å². The monoisotopic (exact) mass is 247 g/mol.